The molecule has 0 saturated heterocycles. The van der Waals surface area contributed by atoms with Gasteiger partial charge in [0.2, 0.25) is 0 Å². The lowest BCUT2D eigenvalue weighted by molar-refractivity contribution is -0.385. The molecule has 118 valence electrons. The Balaban J connectivity index is 2.71. The fraction of sp³-hybridized carbons (Fsp3) is 0.600. The topological polar surface area (TPSA) is 73.6 Å². The van der Waals surface area contributed by atoms with E-state index in [1.54, 1.807) is 13.2 Å². The van der Waals surface area contributed by atoms with Crippen molar-refractivity contribution in [2.75, 3.05) is 27.4 Å². The van der Waals surface area contributed by atoms with E-state index in [9.17, 15) is 10.1 Å². The van der Waals surface area contributed by atoms with Gasteiger partial charge in [-0.15, -0.1) is 0 Å². The highest BCUT2D eigenvalue weighted by molar-refractivity contribution is 5.42. The van der Waals surface area contributed by atoms with Crippen molar-refractivity contribution in [3.05, 3.63) is 33.9 Å². The minimum absolute atomic E-state index is 0.0640. The number of methoxy groups -OCH3 is 2. The average molecular weight is 296 g/mol. The van der Waals surface area contributed by atoms with Crippen molar-refractivity contribution in [2.45, 2.75) is 32.2 Å². The Kier molecular flexibility index (Phi) is 7.71. The molecule has 0 fully saturated rings. The molecule has 0 spiro atoms. The molecule has 0 heterocycles. The van der Waals surface area contributed by atoms with Gasteiger partial charge in [0.1, 0.15) is 5.75 Å². The third-order valence-electron chi connectivity index (χ3n) is 3.23. The minimum Gasteiger partial charge on any atom is -0.496 e. The van der Waals surface area contributed by atoms with Crippen LogP contribution in [0, 0.1) is 10.1 Å². The number of nitrogens with zero attached hydrogens (tertiary/aromatic N) is 1. The SMILES string of the molecule is CCCNC(CCc1cc(OC)cc([N+](=O)[O-])c1)COC. The van der Waals surface area contributed by atoms with Crippen molar-refractivity contribution in [1.82, 2.24) is 5.32 Å². The molecule has 1 unspecified atom stereocenters. The highest BCUT2D eigenvalue weighted by Crippen LogP contribution is 2.23. The number of nitro benzene ring substituents is 1. The van der Waals surface area contributed by atoms with Crippen molar-refractivity contribution >= 4 is 5.69 Å². The summed E-state index contributed by atoms with van der Waals surface area (Å²) in [6, 6.07) is 5.13. The molecular formula is C15H24N2O4. The third kappa shape index (κ3) is 6.10. The van der Waals surface area contributed by atoms with Crippen LogP contribution in [0.4, 0.5) is 5.69 Å². The van der Waals surface area contributed by atoms with E-state index >= 15 is 0 Å². The molecule has 0 bridgehead atoms. The van der Waals surface area contributed by atoms with E-state index in [-0.39, 0.29) is 11.7 Å². The van der Waals surface area contributed by atoms with E-state index in [1.165, 1.54) is 13.2 Å². The molecule has 0 saturated carbocycles. The highest BCUT2D eigenvalue weighted by Gasteiger charge is 2.12. The van der Waals surface area contributed by atoms with Gasteiger partial charge in [0.15, 0.2) is 0 Å². The van der Waals surface area contributed by atoms with Crippen molar-refractivity contribution in [3.8, 4) is 5.75 Å². The lowest BCUT2D eigenvalue weighted by Gasteiger charge is -2.17. The van der Waals surface area contributed by atoms with Gasteiger partial charge in [0, 0.05) is 19.2 Å². The monoisotopic (exact) mass is 296 g/mol. The molecule has 1 rings (SSSR count). The van der Waals surface area contributed by atoms with Gasteiger partial charge in [-0.25, -0.2) is 0 Å². The Bertz CT molecular complexity index is 451. The van der Waals surface area contributed by atoms with Crippen LogP contribution in [0.5, 0.6) is 5.75 Å². The molecule has 0 aliphatic heterocycles. The Labute approximate surface area is 125 Å². The van der Waals surface area contributed by atoms with Gasteiger partial charge in [-0.3, -0.25) is 10.1 Å². The quantitative estimate of drug-likeness (QED) is 0.530. The molecule has 6 heteroatoms. The normalized spacial score (nSPS) is 12.1. The standard InChI is InChI=1S/C15H24N2O4/c1-4-7-16-13(11-20-2)6-5-12-8-14(17(18)19)10-15(9-12)21-3/h8-10,13,16H,4-7,11H2,1-3H3. The summed E-state index contributed by atoms with van der Waals surface area (Å²) in [6.45, 7) is 3.68. The number of hydrogen-bond acceptors (Lipinski definition) is 5. The first-order valence-electron chi connectivity index (χ1n) is 7.15. The molecule has 0 aromatic heterocycles. The molecule has 0 aliphatic rings. The largest absolute Gasteiger partial charge is 0.496 e. The van der Waals surface area contributed by atoms with Crippen LogP contribution in [0.2, 0.25) is 0 Å². The predicted molar refractivity (Wildman–Crippen MR) is 81.9 cm³/mol. The van der Waals surface area contributed by atoms with Crippen LogP contribution in [-0.4, -0.2) is 38.3 Å². The van der Waals surface area contributed by atoms with Gasteiger partial charge in [-0.2, -0.15) is 0 Å². The maximum Gasteiger partial charge on any atom is 0.273 e. The van der Waals surface area contributed by atoms with E-state index in [0.29, 0.717) is 12.4 Å². The number of aryl methyl sites for hydroxylation is 1. The summed E-state index contributed by atoms with van der Waals surface area (Å²) in [5.74, 6) is 0.518. The second-order valence-corrected chi connectivity index (χ2v) is 4.94. The predicted octanol–water partition coefficient (Wildman–Crippen LogP) is 2.55. The van der Waals surface area contributed by atoms with Crippen LogP contribution in [0.15, 0.2) is 18.2 Å². The van der Waals surface area contributed by atoms with Crippen LogP contribution in [0.3, 0.4) is 0 Å². The maximum absolute atomic E-state index is 10.9. The van der Waals surface area contributed by atoms with E-state index < -0.39 is 4.92 Å². The van der Waals surface area contributed by atoms with Crippen molar-refractivity contribution in [1.29, 1.82) is 0 Å². The van der Waals surface area contributed by atoms with Gasteiger partial charge in [0.25, 0.3) is 5.69 Å². The summed E-state index contributed by atoms with van der Waals surface area (Å²) in [4.78, 5) is 10.5. The van der Waals surface area contributed by atoms with Gasteiger partial charge in [-0.1, -0.05) is 6.92 Å². The van der Waals surface area contributed by atoms with Crippen molar-refractivity contribution in [3.63, 3.8) is 0 Å². The van der Waals surface area contributed by atoms with Gasteiger partial charge in [-0.05, 0) is 37.4 Å². The Hall–Kier alpha value is -1.66. The minimum atomic E-state index is -0.395. The van der Waals surface area contributed by atoms with Crippen LogP contribution < -0.4 is 10.1 Å². The van der Waals surface area contributed by atoms with E-state index in [4.69, 9.17) is 9.47 Å². The summed E-state index contributed by atoms with van der Waals surface area (Å²) >= 11 is 0. The fourth-order valence-electron chi connectivity index (χ4n) is 2.15. The van der Waals surface area contributed by atoms with Crippen LogP contribution >= 0.6 is 0 Å². The summed E-state index contributed by atoms with van der Waals surface area (Å²) in [5, 5.41) is 14.3. The number of benzene rings is 1. The number of ether oxygens (including phenoxy) is 2. The Morgan fingerprint density at radius 3 is 2.67 bits per heavy atom. The number of hydrogen-bond donors (Lipinski definition) is 1. The first kappa shape index (κ1) is 17.4. The summed E-state index contributed by atoms with van der Waals surface area (Å²) in [6.07, 6.45) is 2.66. The zero-order chi connectivity index (χ0) is 15.7. The van der Waals surface area contributed by atoms with Crippen molar-refractivity contribution in [2.24, 2.45) is 0 Å². The second-order valence-electron chi connectivity index (χ2n) is 4.94. The zero-order valence-corrected chi connectivity index (χ0v) is 12.9. The maximum atomic E-state index is 10.9. The number of non-ortho nitro benzene ring substituents is 1. The second kappa shape index (κ2) is 9.31. The molecular weight excluding hydrogens is 272 g/mol. The van der Waals surface area contributed by atoms with Gasteiger partial charge >= 0.3 is 0 Å². The molecule has 0 radical (unpaired) electrons. The number of nitro groups is 1. The molecule has 1 aromatic rings. The summed E-state index contributed by atoms with van der Waals surface area (Å²) in [7, 11) is 3.19. The van der Waals surface area contributed by atoms with Crippen LogP contribution in [-0.2, 0) is 11.2 Å². The van der Waals surface area contributed by atoms with E-state index in [1.807, 2.05) is 6.07 Å². The first-order valence-corrected chi connectivity index (χ1v) is 7.15. The number of rotatable bonds is 10. The fourth-order valence-corrected chi connectivity index (χ4v) is 2.15. The molecule has 1 atom stereocenters. The summed E-state index contributed by atoms with van der Waals surface area (Å²) in [5.41, 5.74) is 0.967. The third-order valence-corrected chi connectivity index (χ3v) is 3.23. The molecule has 6 nitrogen and oxygen atoms in total. The molecule has 0 amide bonds. The van der Waals surface area contributed by atoms with E-state index in [2.05, 4.69) is 12.2 Å². The average Bonchev–Trinajstić information content (AvgIpc) is 2.49. The van der Waals surface area contributed by atoms with Gasteiger partial charge in [0.05, 0.1) is 24.7 Å². The first-order chi connectivity index (χ1) is 10.1. The molecule has 0 aliphatic carbocycles. The smallest absolute Gasteiger partial charge is 0.273 e. The van der Waals surface area contributed by atoms with Crippen molar-refractivity contribution < 1.29 is 14.4 Å². The Morgan fingerprint density at radius 1 is 1.33 bits per heavy atom. The molecule has 1 aromatic carbocycles. The Morgan fingerprint density at radius 2 is 2.10 bits per heavy atom. The molecule has 1 N–H and O–H groups in total. The lowest BCUT2D eigenvalue weighted by atomic mass is 10.0. The highest BCUT2D eigenvalue weighted by atomic mass is 16.6. The number of nitrogens with one attached hydrogen (secondary N) is 1. The molecule has 21 heavy (non-hydrogen) atoms. The van der Waals surface area contributed by atoms with E-state index in [0.717, 1.165) is 31.4 Å². The lowest BCUT2D eigenvalue weighted by Crippen LogP contribution is -2.34. The van der Waals surface area contributed by atoms with Gasteiger partial charge < -0.3 is 14.8 Å². The van der Waals surface area contributed by atoms with Crippen LogP contribution in [0.1, 0.15) is 25.3 Å². The summed E-state index contributed by atoms with van der Waals surface area (Å²) < 4.78 is 10.3. The zero-order valence-electron chi connectivity index (χ0n) is 12.9. The van der Waals surface area contributed by atoms with Crippen LogP contribution in [0.25, 0.3) is 0 Å².